The largest absolute Gasteiger partial charge is 0.336 e. The van der Waals surface area contributed by atoms with Crippen molar-refractivity contribution in [3.8, 4) is 0 Å². The highest BCUT2D eigenvalue weighted by atomic mass is 32.1. The van der Waals surface area contributed by atoms with Crippen LogP contribution in [0.25, 0.3) is 0 Å². The monoisotopic (exact) mass is 349 g/mol. The third kappa shape index (κ3) is 4.01. The summed E-state index contributed by atoms with van der Waals surface area (Å²) in [4.78, 5) is 22.3. The van der Waals surface area contributed by atoms with Crippen LogP contribution in [-0.2, 0) is 11.3 Å². The van der Waals surface area contributed by atoms with Crippen LogP contribution in [0.3, 0.4) is 0 Å². The van der Waals surface area contributed by atoms with Gasteiger partial charge in [0, 0.05) is 47.9 Å². The molecule has 0 radical (unpaired) electrons. The molecule has 0 N–H and O–H groups in total. The van der Waals surface area contributed by atoms with Gasteiger partial charge in [-0.3, -0.25) is 9.69 Å². The Bertz CT molecular complexity index is 571. The van der Waals surface area contributed by atoms with Gasteiger partial charge in [0.2, 0.25) is 5.91 Å². The van der Waals surface area contributed by atoms with Crippen molar-refractivity contribution >= 4 is 17.2 Å². The molecular weight excluding hydrogens is 318 g/mol. The van der Waals surface area contributed by atoms with Gasteiger partial charge in [0.15, 0.2) is 0 Å². The Kier molecular flexibility index (Phi) is 5.63. The van der Waals surface area contributed by atoms with Crippen LogP contribution in [0.15, 0.2) is 12.1 Å². The van der Waals surface area contributed by atoms with Crippen LogP contribution in [-0.4, -0.2) is 66.4 Å². The van der Waals surface area contributed by atoms with Gasteiger partial charge in [-0.2, -0.15) is 0 Å². The smallest absolute Gasteiger partial charge is 0.223 e. The highest BCUT2D eigenvalue weighted by molar-refractivity contribution is 7.11. The van der Waals surface area contributed by atoms with E-state index in [0.29, 0.717) is 5.91 Å². The van der Waals surface area contributed by atoms with Crippen molar-refractivity contribution in [1.29, 1.82) is 0 Å². The van der Waals surface area contributed by atoms with Crippen LogP contribution in [0.5, 0.6) is 0 Å². The minimum absolute atomic E-state index is 0.132. The average Bonchev–Trinajstić information content (AvgIpc) is 2.99. The standard InChI is InChI=1S/C19H31N3OS/c1-16-5-6-17(24-16)15-21-11-4-8-19(10-12-21)9-7-18(23)22(19)14-13-20(2)3/h5-6H,4,7-15H2,1-3H3/t19-/m1/s1. The molecule has 0 aromatic carbocycles. The third-order valence-electron chi connectivity index (χ3n) is 5.63. The fraction of sp³-hybridized carbons (Fsp3) is 0.737. The van der Waals surface area contributed by atoms with E-state index in [1.807, 2.05) is 11.3 Å². The molecule has 1 aromatic heterocycles. The number of hydrogen-bond donors (Lipinski definition) is 0. The van der Waals surface area contributed by atoms with Gasteiger partial charge in [-0.25, -0.2) is 0 Å². The lowest BCUT2D eigenvalue weighted by Crippen LogP contribution is -2.48. The van der Waals surface area contributed by atoms with E-state index in [4.69, 9.17) is 0 Å². The quantitative estimate of drug-likeness (QED) is 0.818. The minimum atomic E-state index is 0.132. The molecule has 0 bridgehead atoms. The lowest BCUT2D eigenvalue weighted by atomic mass is 9.87. The molecule has 2 fully saturated rings. The molecular formula is C19H31N3OS. The second-order valence-electron chi connectivity index (χ2n) is 7.72. The summed E-state index contributed by atoms with van der Waals surface area (Å²) in [5.41, 5.74) is 0.132. The van der Waals surface area contributed by atoms with E-state index in [9.17, 15) is 4.79 Å². The maximum Gasteiger partial charge on any atom is 0.223 e. The van der Waals surface area contributed by atoms with E-state index >= 15 is 0 Å². The van der Waals surface area contributed by atoms with Crippen LogP contribution >= 0.6 is 11.3 Å². The highest BCUT2D eigenvalue weighted by Crippen LogP contribution is 2.39. The van der Waals surface area contributed by atoms with Gasteiger partial charge in [0.05, 0.1) is 0 Å². The zero-order valence-corrected chi connectivity index (χ0v) is 16.2. The van der Waals surface area contributed by atoms with E-state index in [2.05, 4.69) is 47.9 Å². The molecule has 0 aliphatic carbocycles. The first kappa shape index (κ1) is 17.9. The van der Waals surface area contributed by atoms with Crippen molar-refractivity contribution in [1.82, 2.24) is 14.7 Å². The van der Waals surface area contributed by atoms with Crippen LogP contribution < -0.4 is 0 Å². The summed E-state index contributed by atoms with van der Waals surface area (Å²) >= 11 is 1.91. The van der Waals surface area contributed by atoms with Gasteiger partial charge in [0.25, 0.3) is 0 Å². The second-order valence-corrected chi connectivity index (χ2v) is 9.09. The molecule has 3 rings (SSSR count). The summed E-state index contributed by atoms with van der Waals surface area (Å²) in [6.45, 7) is 7.37. The molecule has 1 spiro atoms. The van der Waals surface area contributed by atoms with Crippen LogP contribution in [0.2, 0.25) is 0 Å². The van der Waals surface area contributed by atoms with E-state index in [1.165, 1.54) is 22.6 Å². The minimum Gasteiger partial charge on any atom is -0.336 e. The lowest BCUT2D eigenvalue weighted by molar-refractivity contribution is -0.131. The number of carbonyl (C=O) groups is 1. The Morgan fingerprint density at radius 1 is 1.21 bits per heavy atom. The maximum absolute atomic E-state index is 12.4. The Balaban J connectivity index is 1.63. The first-order valence-electron chi connectivity index (χ1n) is 9.21. The number of amides is 1. The van der Waals surface area contributed by atoms with E-state index in [1.54, 1.807) is 0 Å². The zero-order valence-electron chi connectivity index (χ0n) is 15.4. The van der Waals surface area contributed by atoms with Crippen molar-refractivity contribution in [3.05, 3.63) is 21.9 Å². The topological polar surface area (TPSA) is 26.8 Å². The molecule has 0 saturated carbocycles. The number of nitrogens with zero attached hydrogens (tertiary/aromatic N) is 3. The first-order valence-corrected chi connectivity index (χ1v) is 10.0. The number of likely N-dealkylation sites (tertiary alicyclic amines) is 2. The van der Waals surface area contributed by atoms with Crippen LogP contribution in [0.4, 0.5) is 0 Å². The van der Waals surface area contributed by atoms with Gasteiger partial charge < -0.3 is 9.80 Å². The Hall–Kier alpha value is -0.910. The average molecular weight is 350 g/mol. The number of thiophene rings is 1. The van der Waals surface area contributed by atoms with Gasteiger partial charge >= 0.3 is 0 Å². The molecule has 2 aliphatic heterocycles. The van der Waals surface area contributed by atoms with Gasteiger partial charge in [-0.1, -0.05) is 0 Å². The molecule has 2 saturated heterocycles. The third-order valence-corrected chi connectivity index (χ3v) is 6.62. The lowest BCUT2D eigenvalue weighted by Gasteiger charge is -2.39. The number of hydrogen-bond acceptors (Lipinski definition) is 4. The Morgan fingerprint density at radius 3 is 2.75 bits per heavy atom. The molecule has 24 heavy (non-hydrogen) atoms. The van der Waals surface area contributed by atoms with Gasteiger partial charge in [0.1, 0.15) is 0 Å². The predicted octanol–water partition coefficient (Wildman–Crippen LogP) is 2.97. The van der Waals surface area contributed by atoms with Crippen molar-refractivity contribution in [2.45, 2.75) is 51.1 Å². The zero-order chi connectivity index (χ0) is 17.2. The summed E-state index contributed by atoms with van der Waals surface area (Å²) < 4.78 is 0. The molecule has 5 heteroatoms. The van der Waals surface area contributed by atoms with Crippen molar-refractivity contribution < 1.29 is 4.79 Å². The molecule has 0 unspecified atom stereocenters. The molecule has 2 aliphatic rings. The van der Waals surface area contributed by atoms with Crippen molar-refractivity contribution in [3.63, 3.8) is 0 Å². The summed E-state index contributed by atoms with van der Waals surface area (Å²) in [6.07, 6.45) is 5.32. The fourth-order valence-corrected chi connectivity index (χ4v) is 5.17. The summed E-state index contributed by atoms with van der Waals surface area (Å²) in [6, 6.07) is 4.49. The molecule has 1 amide bonds. The van der Waals surface area contributed by atoms with E-state index in [-0.39, 0.29) is 5.54 Å². The van der Waals surface area contributed by atoms with E-state index in [0.717, 1.165) is 52.0 Å². The molecule has 134 valence electrons. The molecule has 1 atom stereocenters. The fourth-order valence-electron chi connectivity index (χ4n) is 4.24. The van der Waals surface area contributed by atoms with E-state index < -0.39 is 0 Å². The first-order chi connectivity index (χ1) is 11.5. The second kappa shape index (κ2) is 7.54. The van der Waals surface area contributed by atoms with Crippen LogP contribution in [0, 0.1) is 6.92 Å². The summed E-state index contributed by atoms with van der Waals surface area (Å²) in [5.74, 6) is 0.374. The normalized spacial score (nSPS) is 25.8. The summed E-state index contributed by atoms with van der Waals surface area (Å²) in [5, 5.41) is 0. The van der Waals surface area contributed by atoms with Crippen molar-refractivity contribution in [2.24, 2.45) is 0 Å². The van der Waals surface area contributed by atoms with Crippen molar-refractivity contribution in [2.75, 3.05) is 40.3 Å². The maximum atomic E-state index is 12.4. The number of likely N-dealkylation sites (N-methyl/N-ethyl adjacent to an activating group) is 1. The number of aryl methyl sites for hydroxylation is 1. The van der Waals surface area contributed by atoms with Gasteiger partial charge in [-0.05, 0) is 65.4 Å². The molecule has 1 aromatic rings. The number of rotatable bonds is 5. The SMILES string of the molecule is Cc1ccc(CN2CCC[C@@]3(CCC(=O)N3CCN(C)C)CC2)s1. The Morgan fingerprint density at radius 2 is 2.04 bits per heavy atom. The highest BCUT2D eigenvalue weighted by Gasteiger charge is 2.45. The van der Waals surface area contributed by atoms with Crippen LogP contribution in [0.1, 0.15) is 41.9 Å². The predicted molar refractivity (Wildman–Crippen MR) is 100 cm³/mol. The molecule has 3 heterocycles. The Labute approximate surface area is 150 Å². The molecule has 4 nitrogen and oxygen atoms in total. The summed E-state index contributed by atoms with van der Waals surface area (Å²) in [7, 11) is 4.18. The van der Waals surface area contributed by atoms with Gasteiger partial charge in [-0.15, -0.1) is 11.3 Å². The number of carbonyl (C=O) groups excluding carboxylic acids is 1.